The molecule has 1 aromatic carbocycles. The molecule has 1 fully saturated rings. The Kier molecular flexibility index (Phi) is 4.70. The Labute approximate surface area is 167 Å². The molecule has 0 spiro atoms. The summed E-state index contributed by atoms with van der Waals surface area (Å²) in [6.45, 7) is 0.540. The summed E-state index contributed by atoms with van der Waals surface area (Å²) in [6.07, 6.45) is 3.00. The number of para-hydroxylation sites is 1. The molecule has 29 heavy (non-hydrogen) atoms. The third kappa shape index (κ3) is 3.10. The number of hydrogen-bond acceptors (Lipinski definition) is 5. The van der Waals surface area contributed by atoms with E-state index in [1.54, 1.807) is 31.1 Å². The summed E-state index contributed by atoms with van der Waals surface area (Å²) in [5, 5.41) is 0.550. The van der Waals surface area contributed by atoms with Gasteiger partial charge in [0.05, 0.1) is 29.6 Å². The fraction of sp³-hybridized carbons (Fsp3) is 0.333. The molecule has 3 heterocycles. The van der Waals surface area contributed by atoms with Gasteiger partial charge in [0.15, 0.2) is 0 Å². The van der Waals surface area contributed by atoms with E-state index in [2.05, 4.69) is 0 Å². The number of ether oxygens (including phenoxy) is 1. The van der Waals surface area contributed by atoms with Crippen molar-refractivity contribution in [3.8, 4) is 5.75 Å². The van der Waals surface area contributed by atoms with Gasteiger partial charge in [-0.3, -0.25) is 19.0 Å². The maximum atomic E-state index is 13.3. The van der Waals surface area contributed by atoms with Crippen molar-refractivity contribution in [1.29, 1.82) is 0 Å². The standard InChI is InChI=1S/C21H22N4O4/c1-23-12-14(17(29-3)11-18(23)26)21(28)25-10-6-9-16(25)19-22-15-8-5-4-7-13(15)20(27)24(19)2/h4-5,7-8,11-12,16H,6,9-10H2,1-3H3. The van der Waals surface area contributed by atoms with E-state index in [0.29, 0.717) is 35.3 Å². The van der Waals surface area contributed by atoms with Gasteiger partial charge < -0.3 is 14.2 Å². The molecular formula is C21H22N4O4. The minimum Gasteiger partial charge on any atom is -0.496 e. The van der Waals surface area contributed by atoms with Crippen molar-refractivity contribution in [2.75, 3.05) is 13.7 Å². The van der Waals surface area contributed by atoms with Crippen LogP contribution in [0.5, 0.6) is 5.75 Å². The first kappa shape index (κ1) is 18.9. The molecule has 8 nitrogen and oxygen atoms in total. The predicted molar refractivity (Wildman–Crippen MR) is 108 cm³/mol. The molecule has 0 radical (unpaired) electrons. The second kappa shape index (κ2) is 7.20. The third-order valence-electron chi connectivity index (χ3n) is 5.47. The number of pyridine rings is 1. The summed E-state index contributed by atoms with van der Waals surface area (Å²) in [7, 11) is 4.71. The van der Waals surface area contributed by atoms with Crippen LogP contribution in [0.15, 0.2) is 46.1 Å². The van der Waals surface area contributed by atoms with Crippen LogP contribution in [0.3, 0.4) is 0 Å². The van der Waals surface area contributed by atoms with Gasteiger partial charge in [0.1, 0.15) is 11.6 Å². The zero-order valence-corrected chi connectivity index (χ0v) is 16.6. The number of rotatable bonds is 3. The Morgan fingerprint density at radius 1 is 1.21 bits per heavy atom. The van der Waals surface area contributed by atoms with Crippen LogP contribution in [-0.2, 0) is 14.1 Å². The summed E-state index contributed by atoms with van der Waals surface area (Å²) in [5.41, 5.74) is 0.538. The maximum Gasteiger partial charge on any atom is 0.261 e. The second-order valence-corrected chi connectivity index (χ2v) is 7.21. The number of carbonyl (C=O) groups excluding carboxylic acids is 1. The number of hydrogen-bond donors (Lipinski definition) is 0. The van der Waals surface area contributed by atoms with Gasteiger partial charge in [-0.2, -0.15) is 0 Å². The highest BCUT2D eigenvalue weighted by molar-refractivity contribution is 5.97. The Morgan fingerprint density at radius 2 is 1.97 bits per heavy atom. The number of fused-ring (bicyclic) bond motifs is 1. The van der Waals surface area contributed by atoms with Crippen LogP contribution >= 0.6 is 0 Å². The average Bonchev–Trinajstić information content (AvgIpc) is 3.21. The van der Waals surface area contributed by atoms with Crippen LogP contribution in [0.2, 0.25) is 0 Å². The summed E-state index contributed by atoms with van der Waals surface area (Å²) >= 11 is 0. The van der Waals surface area contributed by atoms with E-state index in [1.165, 1.54) is 28.5 Å². The number of benzene rings is 1. The van der Waals surface area contributed by atoms with Crippen molar-refractivity contribution in [2.24, 2.45) is 14.1 Å². The molecular weight excluding hydrogens is 372 g/mol. The Balaban J connectivity index is 1.80. The van der Waals surface area contributed by atoms with Crippen molar-refractivity contribution >= 4 is 16.8 Å². The molecule has 1 aliphatic rings. The lowest BCUT2D eigenvalue weighted by molar-refractivity contribution is 0.0723. The van der Waals surface area contributed by atoms with Crippen molar-refractivity contribution in [2.45, 2.75) is 18.9 Å². The Morgan fingerprint density at radius 3 is 2.72 bits per heavy atom. The normalized spacial score (nSPS) is 16.4. The van der Waals surface area contributed by atoms with Crippen LogP contribution in [0.4, 0.5) is 0 Å². The SMILES string of the molecule is COc1cc(=O)n(C)cc1C(=O)N1CCCC1c1nc2ccccc2c(=O)n1C. The fourth-order valence-corrected chi connectivity index (χ4v) is 3.91. The van der Waals surface area contributed by atoms with Gasteiger partial charge in [-0.1, -0.05) is 12.1 Å². The van der Waals surface area contributed by atoms with Gasteiger partial charge in [0.25, 0.3) is 17.0 Å². The second-order valence-electron chi connectivity index (χ2n) is 7.21. The molecule has 1 amide bonds. The summed E-state index contributed by atoms with van der Waals surface area (Å²) < 4.78 is 8.15. The van der Waals surface area contributed by atoms with Crippen molar-refractivity contribution < 1.29 is 9.53 Å². The van der Waals surface area contributed by atoms with E-state index in [4.69, 9.17) is 9.72 Å². The highest BCUT2D eigenvalue weighted by atomic mass is 16.5. The lowest BCUT2D eigenvalue weighted by Crippen LogP contribution is -2.35. The number of nitrogens with zero attached hydrogens (tertiary/aromatic N) is 4. The molecule has 1 atom stereocenters. The fourth-order valence-electron chi connectivity index (χ4n) is 3.91. The molecule has 8 heteroatoms. The van der Waals surface area contributed by atoms with Crippen LogP contribution in [-0.4, -0.2) is 38.6 Å². The van der Waals surface area contributed by atoms with Gasteiger partial charge in [-0.25, -0.2) is 4.98 Å². The number of aryl methyl sites for hydroxylation is 1. The zero-order valence-electron chi connectivity index (χ0n) is 16.6. The van der Waals surface area contributed by atoms with Gasteiger partial charge in [0.2, 0.25) is 0 Å². The van der Waals surface area contributed by atoms with E-state index in [1.807, 2.05) is 12.1 Å². The Bertz CT molecular complexity index is 1230. The van der Waals surface area contributed by atoms with Gasteiger partial charge in [0, 0.05) is 32.9 Å². The predicted octanol–water partition coefficient (Wildman–Crippen LogP) is 1.62. The largest absolute Gasteiger partial charge is 0.496 e. The van der Waals surface area contributed by atoms with E-state index in [0.717, 1.165) is 6.42 Å². The molecule has 3 aromatic rings. The first-order chi connectivity index (χ1) is 13.9. The Hall–Kier alpha value is -3.42. The van der Waals surface area contributed by atoms with Crippen LogP contribution in [0, 0.1) is 0 Å². The van der Waals surface area contributed by atoms with Crippen LogP contribution in [0.1, 0.15) is 35.1 Å². The lowest BCUT2D eigenvalue weighted by Gasteiger charge is -2.26. The highest BCUT2D eigenvalue weighted by Crippen LogP contribution is 2.33. The molecule has 4 rings (SSSR count). The number of carbonyl (C=O) groups is 1. The summed E-state index contributed by atoms with van der Waals surface area (Å²) in [4.78, 5) is 44.5. The monoisotopic (exact) mass is 394 g/mol. The lowest BCUT2D eigenvalue weighted by atomic mass is 10.1. The van der Waals surface area contributed by atoms with E-state index < -0.39 is 0 Å². The quantitative estimate of drug-likeness (QED) is 0.674. The van der Waals surface area contributed by atoms with E-state index >= 15 is 0 Å². The van der Waals surface area contributed by atoms with Crippen LogP contribution < -0.4 is 15.9 Å². The maximum absolute atomic E-state index is 13.3. The van der Waals surface area contributed by atoms with Gasteiger partial charge >= 0.3 is 0 Å². The topological polar surface area (TPSA) is 86.4 Å². The van der Waals surface area contributed by atoms with Crippen molar-refractivity contribution in [3.63, 3.8) is 0 Å². The van der Waals surface area contributed by atoms with E-state index in [-0.39, 0.29) is 28.8 Å². The average molecular weight is 394 g/mol. The number of methoxy groups -OCH3 is 1. The molecule has 0 N–H and O–H groups in total. The van der Waals surface area contributed by atoms with Gasteiger partial charge in [-0.05, 0) is 25.0 Å². The number of aromatic nitrogens is 3. The first-order valence-electron chi connectivity index (χ1n) is 9.43. The number of amides is 1. The van der Waals surface area contributed by atoms with Crippen LogP contribution in [0.25, 0.3) is 10.9 Å². The smallest absolute Gasteiger partial charge is 0.261 e. The third-order valence-corrected chi connectivity index (χ3v) is 5.47. The first-order valence-corrected chi connectivity index (χ1v) is 9.43. The molecule has 1 aliphatic heterocycles. The molecule has 150 valence electrons. The molecule has 0 saturated carbocycles. The molecule has 1 saturated heterocycles. The molecule has 0 bridgehead atoms. The van der Waals surface area contributed by atoms with E-state index in [9.17, 15) is 14.4 Å². The van der Waals surface area contributed by atoms with Gasteiger partial charge in [-0.15, -0.1) is 0 Å². The molecule has 2 aromatic heterocycles. The minimum absolute atomic E-state index is 0.135. The van der Waals surface area contributed by atoms with Crippen molar-refractivity contribution in [1.82, 2.24) is 19.0 Å². The highest BCUT2D eigenvalue weighted by Gasteiger charge is 2.35. The molecule has 1 unspecified atom stereocenters. The minimum atomic E-state index is -0.327. The number of likely N-dealkylation sites (tertiary alicyclic amines) is 1. The summed E-state index contributed by atoms with van der Waals surface area (Å²) in [6, 6.07) is 8.18. The molecule has 0 aliphatic carbocycles. The van der Waals surface area contributed by atoms with Crippen molar-refractivity contribution in [3.05, 3.63) is 68.6 Å². The zero-order chi connectivity index (χ0) is 20.7. The summed E-state index contributed by atoms with van der Waals surface area (Å²) in [5.74, 6) is 0.551.